The second-order valence-electron chi connectivity index (χ2n) is 9.06. The standard InChI is InChI=1S/C24H36N2O3/c1-5-6-7-8-16-14-19-21(22(27)20(16)23(28)26-12-11-25)17-13-15(2)9-10-18(17)24(3,4)29-19/h13-14,17-18,27H,5-12,25H2,1-4H3,(H,26,28)/t17-,18-/m1/s1. The van der Waals surface area contributed by atoms with Crippen molar-refractivity contribution in [3.8, 4) is 11.5 Å². The van der Waals surface area contributed by atoms with E-state index >= 15 is 0 Å². The molecular formula is C24H36N2O3. The van der Waals surface area contributed by atoms with E-state index in [1.54, 1.807) is 0 Å². The van der Waals surface area contributed by atoms with Gasteiger partial charge in [-0.25, -0.2) is 0 Å². The number of nitrogens with two attached hydrogens (primary N) is 1. The molecule has 2 atom stereocenters. The fourth-order valence-electron chi connectivity index (χ4n) is 4.90. The summed E-state index contributed by atoms with van der Waals surface area (Å²) in [6, 6.07) is 2.00. The molecule has 2 aliphatic rings. The molecule has 0 fully saturated rings. The van der Waals surface area contributed by atoms with E-state index in [0.717, 1.165) is 55.4 Å². The highest BCUT2D eigenvalue weighted by Gasteiger charge is 2.46. The number of rotatable bonds is 7. The van der Waals surface area contributed by atoms with E-state index in [1.165, 1.54) is 5.57 Å². The molecule has 0 unspecified atom stereocenters. The van der Waals surface area contributed by atoms with E-state index in [0.29, 0.717) is 18.7 Å². The van der Waals surface area contributed by atoms with Crippen LogP contribution in [0.5, 0.6) is 11.5 Å². The third-order valence-electron chi connectivity index (χ3n) is 6.44. The SMILES string of the molecule is CCCCCc1cc2c(c(O)c1C(=O)NCCN)[C@@H]1C=C(C)CC[C@H]1C(C)(C)O2. The Morgan fingerprint density at radius 3 is 2.83 bits per heavy atom. The average molecular weight is 401 g/mol. The van der Waals surface area contributed by atoms with Gasteiger partial charge in [-0.05, 0) is 58.1 Å². The second-order valence-corrected chi connectivity index (χ2v) is 9.06. The molecule has 1 aromatic carbocycles. The van der Waals surface area contributed by atoms with Crippen molar-refractivity contribution in [1.29, 1.82) is 0 Å². The molecule has 1 aliphatic carbocycles. The predicted molar refractivity (Wildman–Crippen MR) is 117 cm³/mol. The molecule has 0 aromatic heterocycles. The number of aromatic hydroxyl groups is 1. The molecule has 1 aromatic rings. The van der Waals surface area contributed by atoms with Crippen LogP contribution in [0.2, 0.25) is 0 Å². The molecule has 5 nitrogen and oxygen atoms in total. The first-order chi connectivity index (χ1) is 13.8. The smallest absolute Gasteiger partial charge is 0.255 e. The lowest BCUT2D eigenvalue weighted by molar-refractivity contribution is 0.0107. The number of nitrogens with one attached hydrogen (secondary N) is 1. The van der Waals surface area contributed by atoms with Gasteiger partial charge >= 0.3 is 0 Å². The summed E-state index contributed by atoms with van der Waals surface area (Å²) in [5.74, 6) is 0.894. The minimum Gasteiger partial charge on any atom is -0.507 e. The van der Waals surface area contributed by atoms with Crippen molar-refractivity contribution in [3.63, 3.8) is 0 Å². The third-order valence-corrected chi connectivity index (χ3v) is 6.44. The molecule has 0 spiro atoms. The molecule has 0 saturated heterocycles. The van der Waals surface area contributed by atoms with Gasteiger partial charge in [0.05, 0.1) is 5.56 Å². The lowest BCUT2D eigenvalue weighted by Gasteiger charge is -2.46. The van der Waals surface area contributed by atoms with Gasteiger partial charge in [0.15, 0.2) is 0 Å². The minimum atomic E-state index is -0.314. The summed E-state index contributed by atoms with van der Waals surface area (Å²) >= 11 is 0. The number of carbonyl (C=O) groups excluding carboxylic acids is 1. The lowest BCUT2D eigenvalue weighted by Crippen LogP contribution is -2.45. The number of phenols is 1. The van der Waals surface area contributed by atoms with Crippen molar-refractivity contribution in [1.82, 2.24) is 5.32 Å². The van der Waals surface area contributed by atoms with Crippen LogP contribution in [0.4, 0.5) is 0 Å². The Labute approximate surface area is 174 Å². The molecule has 29 heavy (non-hydrogen) atoms. The topological polar surface area (TPSA) is 84.6 Å². The number of aryl methyl sites for hydroxylation is 1. The highest BCUT2D eigenvalue weighted by atomic mass is 16.5. The maximum absolute atomic E-state index is 12.9. The van der Waals surface area contributed by atoms with Crippen LogP contribution < -0.4 is 15.8 Å². The van der Waals surface area contributed by atoms with E-state index < -0.39 is 0 Å². The maximum Gasteiger partial charge on any atom is 0.255 e. The molecule has 160 valence electrons. The highest BCUT2D eigenvalue weighted by Crippen LogP contribution is 2.54. The van der Waals surface area contributed by atoms with Gasteiger partial charge in [0, 0.05) is 30.5 Å². The predicted octanol–water partition coefficient (Wildman–Crippen LogP) is 4.42. The zero-order valence-corrected chi connectivity index (χ0v) is 18.3. The number of hydrogen-bond acceptors (Lipinski definition) is 4. The minimum absolute atomic E-state index is 0.0632. The number of fused-ring (bicyclic) bond motifs is 3. The molecule has 1 heterocycles. The average Bonchev–Trinajstić information content (AvgIpc) is 2.65. The van der Waals surface area contributed by atoms with Gasteiger partial charge in [0.2, 0.25) is 0 Å². The molecule has 0 bridgehead atoms. The first-order valence-electron chi connectivity index (χ1n) is 11.0. The summed E-state index contributed by atoms with van der Waals surface area (Å²) < 4.78 is 6.43. The van der Waals surface area contributed by atoms with Gasteiger partial charge in [-0.15, -0.1) is 0 Å². The van der Waals surface area contributed by atoms with E-state index in [9.17, 15) is 9.90 Å². The van der Waals surface area contributed by atoms with Crippen LogP contribution in [-0.4, -0.2) is 29.7 Å². The number of allylic oxidation sites excluding steroid dienone is 2. The van der Waals surface area contributed by atoms with Crippen LogP contribution in [0.1, 0.15) is 87.2 Å². The van der Waals surface area contributed by atoms with Crippen molar-refractivity contribution in [2.45, 2.75) is 77.7 Å². The summed E-state index contributed by atoms with van der Waals surface area (Å²) in [6.45, 7) is 9.33. The normalized spacial score (nSPS) is 22.2. The largest absolute Gasteiger partial charge is 0.507 e. The van der Waals surface area contributed by atoms with Gasteiger partial charge in [-0.2, -0.15) is 0 Å². The number of unbranched alkanes of at least 4 members (excludes halogenated alkanes) is 2. The van der Waals surface area contributed by atoms with Gasteiger partial charge < -0.3 is 20.9 Å². The van der Waals surface area contributed by atoms with Crippen LogP contribution >= 0.6 is 0 Å². The number of ether oxygens (including phenoxy) is 1. The quantitative estimate of drug-likeness (QED) is 0.467. The molecule has 1 aliphatic heterocycles. The van der Waals surface area contributed by atoms with Crippen LogP contribution in [0, 0.1) is 5.92 Å². The van der Waals surface area contributed by atoms with Gasteiger partial charge in [-0.3, -0.25) is 4.79 Å². The summed E-state index contributed by atoms with van der Waals surface area (Å²) in [4.78, 5) is 12.9. The third kappa shape index (κ3) is 4.30. The van der Waals surface area contributed by atoms with Crippen LogP contribution in [0.25, 0.3) is 0 Å². The van der Waals surface area contributed by atoms with Crippen LogP contribution in [-0.2, 0) is 6.42 Å². The summed E-state index contributed by atoms with van der Waals surface area (Å²) in [6.07, 6.45) is 8.22. The van der Waals surface area contributed by atoms with Gasteiger partial charge in [-0.1, -0.05) is 31.4 Å². The maximum atomic E-state index is 12.9. The first kappa shape index (κ1) is 21.7. The van der Waals surface area contributed by atoms with Crippen molar-refractivity contribution in [3.05, 3.63) is 34.4 Å². The molecule has 0 saturated carbocycles. The highest BCUT2D eigenvalue weighted by molar-refractivity contribution is 5.99. The first-order valence-corrected chi connectivity index (χ1v) is 11.0. The molecule has 4 N–H and O–H groups in total. The molecular weight excluding hydrogens is 364 g/mol. The van der Waals surface area contributed by atoms with Crippen LogP contribution in [0.3, 0.4) is 0 Å². The van der Waals surface area contributed by atoms with Gasteiger partial charge in [0.25, 0.3) is 5.91 Å². The lowest BCUT2D eigenvalue weighted by atomic mass is 9.67. The summed E-state index contributed by atoms with van der Waals surface area (Å²) in [7, 11) is 0. The van der Waals surface area contributed by atoms with Crippen LogP contribution in [0.15, 0.2) is 17.7 Å². The van der Waals surface area contributed by atoms with Gasteiger partial charge in [0.1, 0.15) is 17.1 Å². The van der Waals surface area contributed by atoms with E-state index in [4.69, 9.17) is 10.5 Å². The fourth-order valence-corrected chi connectivity index (χ4v) is 4.90. The van der Waals surface area contributed by atoms with Crippen molar-refractivity contribution >= 4 is 5.91 Å². The summed E-state index contributed by atoms with van der Waals surface area (Å²) in [5.41, 5.74) is 8.60. The Bertz CT molecular complexity index is 798. The number of benzene rings is 1. The number of phenolic OH excluding ortho intramolecular Hbond substituents is 1. The Morgan fingerprint density at radius 1 is 1.38 bits per heavy atom. The number of carbonyl (C=O) groups is 1. The van der Waals surface area contributed by atoms with Crippen molar-refractivity contribution < 1.29 is 14.6 Å². The number of amides is 1. The monoisotopic (exact) mass is 400 g/mol. The zero-order valence-electron chi connectivity index (χ0n) is 18.3. The number of hydrogen-bond donors (Lipinski definition) is 3. The van der Waals surface area contributed by atoms with E-state index in [-0.39, 0.29) is 29.1 Å². The van der Waals surface area contributed by atoms with Crippen molar-refractivity contribution in [2.24, 2.45) is 11.7 Å². The van der Waals surface area contributed by atoms with E-state index in [2.05, 4.69) is 39.1 Å². The zero-order chi connectivity index (χ0) is 21.2. The fraction of sp³-hybridized carbons (Fsp3) is 0.625. The van der Waals surface area contributed by atoms with Crippen molar-refractivity contribution in [2.75, 3.05) is 13.1 Å². The molecule has 5 heteroatoms. The molecule has 1 amide bonds. The van der Waals surface area contributed by atoms with E-state index in [1.807, 2.05) is 6.07 Å². The Hall–Kier alpha value is -2.01. The molecule has 3 rings (SSSR count). The Kier molecular flexibility index (Phi) is 6.57. The summed E-state index contributed by atoms with van der Waals surface area (Å²) in [5, 5.41) is 14.2. The Balaban J connectivity index is 2.13. The Morgan fingerprint density at radius 2 is 2.14 bits per heavy atom. The molecule has 0 radical (unpaired) electrons. The second kappa shape index (κ2) is 8.78.